The Morgan fingerprint density at radius 3 is 2.75 bits per heavy atom. The van der Waals surface area contributed by atoms with Crippen molar-refractivity contribution in [1.29, 1.82) is 0 Å². The Bertz CT molecular complexity index is 672. The Morgan fingerprint density at radius 1 is 1.33 bits per heavy atom. The van der Waals surface area contributed by atoms with E-state index in [1.165, 1.54) is 28.9 Å². The molecule has 3 rings (SSSR count). The first kappa shape index (κ1) is 17.2. The first-order valence-corrected chi connectivity index (χ1v) is 9.77. The molecule has 0 aliphatic carbocycles. The number of urea groups is 1. The quantitative estimate of drug-likeness (QED) is 0.797. The number of benzene rings is 1. The van der Waals surface area contributed by atoms with Crippen LogP contribution in [0.1, 0.15) is 18.4 Å². The van der Waals surface area contributed by atoms with Gasteiger partial charge in [-0.3, -0.25) is 5.32 Å². The average Bonchev–Trinajstić information content (AvgIpc) is 3.09. The van der Waals surface area contributed by atoms with Crippen molar-refractivity contribution in [3.63, 3.8) is 0 Å². The number of nitrogens with zero attached hydrogens (tertiary/aromatic N) is 2. The van der Waals surface area contributed by atoms with Crippen molar-refractivity contribution in [3.8, 4) is 0 Å². The van der Waals surface area contributed by atoms with Crippen molar-refractivity contribution in [2.75, 3.05) is 31.3 Å². The van der Waals surface area contributed by atoms with Gasteiger partial charge in [0, 0.05) is 36.7 Å². The summed E-state index contributed by atoms with van der Waals surface area (Å²) in [6.45, 7) is 2.00. The van der Waals surface area contributed by atoms with Gasteiger partial charge in [-0.25, -0.2) is 4.79 Å². The van der Waals surface area contributed by atoms with Crippen LogP contribution < -0.4 is 10.6 Å². The normalized spacial score (nSPS) is 16.5. The highest BCUT2D eigenvalue weighted by molar-refractivity contribution is 7.98. The largest absolute Gasteiger partial charge is 0.381 e. The van der Waals surface area contributed by atoms with Crippen LogP contribution in [0, 0.1) is 0 Å². The molecule has 128 valence electrons. The second kappa shape index (κ2) is 7.96. The van der Waals surface area contributed by atoms with Crippen LogP contribution >= 0.6 is 23.3 Å². The van der Waals surface area contributed by atoms with Gasteiger partial charge in [0.15, 0.2) is 0 Å². The Balaban J connectivity index is 1.64. The third-order valence-electron chi connectivity index (χ3n) is 4.23. The molecule has 6 nitrogen and oxygen atoms in total. The molecule has 1 aromatic heterocycles. The zero-order chi connectivity index (χ0) is 16.8. The summed E-state index contributed by atoms with van der Waals surface area (Å²) in [6.07, 6.45) is 3.69. The Kier molecular flexibility index (Phi) is 5.70. The van der Waals surface area contributed by atoms with Gasteiger partial charge < -0.3 is 10.1 Å². The van der Waals surface area contributed by atoms with E-state index in [1.807, 2.05) is 24.5 Å². The van der Waals surface area contributed by atoms with Crippen LogP contribution in [0.2, 0.25) is 0 Å². The third kappa shape index (κ3) is 4.06. The lowest BCUT2D eigenvalue weighted by Crippen LogP contribution is -2.45. The molecule has 1 aliphatic heterocycles. The summed E-state index contributed by atoms with van der Waals surface area (Å²) in [4.78, 5) is 16.4. The predicted molar refractivity (Wildman–Crippen MR) is 96.9 cm³/mol. The number of ether oxygens (including phenoxy) is 1. The van der Waals surface area contributed by atoms with Gasteiger partial charge in [0.2, 0.25) is 10.3 Å². The highest BCUT2D eigenvalue weighted by Gasteiger charge is 2.34. The summed E-state index contributed by atoms with van der Waals surface area (Å²) >= 11 is 2.64. The van der Waals surface area contributed by atoms with Crippen molar-refractivity contribution in [2.45, 2.75) is 23.4 Å². The standard InChI is InChI=1S/C16H20N4O2S2/c1-23-15-19-14(24-20-15)18-13(21)17-11-16(7-9-22-10-8-16)12-5-3-2-4-6-12/h2-6H,7-11H2,1H3,(H2,17,18,19,20,21). The fourth-order valence-corrected chi connectivity index (χ4v) is 3.98. The monoisotopic (exact) mass is 364 g/mol. The maximum atomic E-state index is 12.2. The minimum Gasteiger partial charge on any atom is -0.381 e. The van der Waals surface area contributed by atoms with Crippen LogP contribution in [0.5, 0.6) is 0 Å². The van der Waals surface area contributed by atoms with Crippen molar-refractivity contribution < 1.29 is 9.53 Å². The molecule has 8 heteroatoms. The molecule has 2 N–H and O–H groups in total. The molecule has 2 aromatic rings. The van der Waals surface area contributed by atoms with Gasteiger partial charge in [0.1, 0.15) is 0 Å². The van der Waals surface area contributed by atoms with E-state index in [0.717, 1.165) is 12.8 Å². The summed E-state index contributed by atoms with van der Waals surface area (Å²) in [6, 6.07) is 10.1. The molecule has 1 saturated heterocycles. The summed E-state index contributed by atoms with van der Waals surface area (Å²) in [5.74, 6) is 0. The summed E-state index contributed by atoms with van der Waals surface area (Å²) in [5.41, 5.74) is 1.16. The number of rotatable bonds is 5. The van der Waals surface area contributed by atoms with Crippen LogP contribution in [-0.4, -0.2) is 41.4 Å². The van der Waals surface area contributed by atoms with E-state index < -0.39 is 0 Å². The lowest BCUT2D eigenvalue weighted by Gasteiger charge is -2.37. The minimum atomic E-state index is -0.249. The van der Waals surface area contributed by atoms with Crippen LogP contribution in [0.3, 0.4) is 0 Å². The molecular formula is C16H20N4O2S2. The number of aromatic nitrogens is 2. The molecule has 0 bridgehead atoms. The van der Waals surface area contributed by atoms with Crippen LogP contribution in [-0.2, 0) is 10.2 Å². The molecule has 0 radical (unpaired) electrons. The van der Waals surface area contributed by atoms with Crippen molar-refractivity contribution in [1.82, 2.24) is 14.7 Å². The van der Waals surface area contributed by atoms with Gasteiger partial charge >= 0.3 is 6.03 Å². The maximum absolute atomic E-state index is 12.2. The molecule has 0 saturated carbocycles. The lowest BCUT2D eigenvalue weighted by atomic mass is 9.74. The fourth-order valence-electron chi connectivity index (χ4n) is 2.86. The average molecular weight is 364 g/mol. The highest BCUT2D eigenvalue weighted by atomic mass is 32.2. The number of nitrogens with one attached hydrogen (secondary N) is 2. The van der Waals surface area contributed by atoms with Crippen molar-refractivity contribution in [2.24, 2.45) is 0 Å². The van der Waals surface area contributed by atoms with Gasteiger partial charge in [-0.2, -0.15) is 9.36 Å². The third-order valence-corrected chi connectivity index (χ3v) is 5.53. The van der Waals surface area contributed by atoms with Crippen molar-refractivity contribution >= 4 is 34.5 Å². The lowest BCUT2D eigenvalue weighted by molar-refractivity contribution is 0.0508. The number of hydrogen-bond acceptors (Lipinski definition) is 6. The van der Waals surface area contributed by atoms with E-state index in [9.17, 15) is 4.79 Å². The van der Waals surface area contributed by atoms with E-state index in [1.54, 1.807) is 0 Å². The summed E-state index contributed by atoms with van der Waals surface area (Å²) in [5, 5.41) is 6.93. The Labute approximate surface area is 149 Å². The predicted octanol–water partition coefficient (Wildman–Crippen LogP) is 3.13. The molecule has 0 spiro atoms. The van der Waals surface area contributed by atoms with E-state index >= 15 is 0 Å². The first-order valence-electron chi connectivity index (χ1n) is 7.78. The molecule has 1 aliphatic rings. The van der Waals surface area contributed by atoms with Crippen molar-refractivity contribution in [3.05, 3.63) is 35.9 Å². The molecular weight excluding hydrogens is 344 g/mol. The van der Waals surface area contributed by atoms with Gasteiger partial charge in [-0.15, -0.1) is 0 Å². The number of thioether (sulfide) groups is 1. The Hall–Kier alpha value is -1.64. The number of amides is 2. The number of anilines is 1. The number of hydrogen-bond donors (Lipinski definition) is 2. The minimum absolute atomic E-state index is 0.0809. The number of carbonyl (C=O) groups is 1. The molecule has 1 fully saturated rings. The van der Waals surface area contributed by atoms with Gasteiger partial charge in [0.05, 0.1) is 0 Å². The molecule has 2 heterocycles. The molecule has 0 unspecified atom stereocenters. The summed E-state index contributed by atoms with van der Waals surface area (Å²) in [7, 11) is 0. The van der Waals surface area contributed by atoms with Gasteiger partial charge in [-0.05, 0) is 24.7 Å². The SMILES string of the molecule is CSc1nsc(NC(=O)NCC2(c3ccccc3)CCOCC2)n1. The number of carbonyl (C=O) groups excluding carboxylic acids is 1. The molecule has 24 heavy (non-hydrogen) atoms. The zero-order valence-corrected chi connectivity index (χ0v) is 15.1. The molecule has 0 atom stereocenters. The van der Waals surface area contributed by atoms with Crippen LogP contribution in [0.4, 0.5) is 9.93 Å². The fraction of sp³-hybridized carbons (Fsp3) is 0.438. The van der Waals surface area contributed by atoms with Gasteiger partial charge in [0.25, 0.3) is 0 Å². The topological polar surface area (TPSA) is 76.1 Å². The smallest absolute Gasteiger partial charge is 0.321 e. The Morgan fingerprint density at radius 2 is 2.08 bits per heavy atom. The highest BCUT2D eigenvalue weighted by Crippen LogP contribution is 2.34. The summed E-state index contributed by atoms with van der Waals surface area (Å²) < 4.78 is 9.65. The van der Waals surface area contributed by atoms with E-state index in [4.69, 9.17) is 4.74 Å². The first-order chi connectivity index (χ1) is 11.7. The van der Waals surface area contributed by atoms with Crippen LogP contribution in [0.15, 0.2) is 35.5 Å². The van der Waals surface area contributed by atoms with E-state index in [-0.39, 0.29) is 11.4 Å². The van der Waals surface area contributed by atoms with E-state index in [0.29, 0.717) is 30.0 Å². The van der Waals surface area contributed by atoms with Crippen LogP contribution in [0.25, 0.3) is 0 Å². The molecule has 2 amide bonds. The maximum Gasteiger partial charge on any atom is 0.321 e. The zero-order valence-electron chi connectivity index (χ0n) is 13.4. The van der Waals surface area contributed by atoms with Gasteiger partial charge in [-0.1, -0.05) is 42.1 Å². The second-order valence-corrected chi connectivity index (χ2v) is 7.18. The van der Waals surface area contributed by atoms with E-state index in [2.05, 4.69) is 32.1 Å². The second-order valence-electron chi connectivity index (χ2n) is 5.65. The molecule has 1 aromatic carbocycles.